The van der Waals surface area contributed by atoms with Gasteiger partial charge in [-0.05, 0) is 30.8 Å². The van der Waals surface area contributed by atoms with E-state index < -0.39 is 4.92 Å². The Balaban J connectivity index is 1.75. The molecular weight excluding hydrogens is 352 g/mol. The molecule has 26 heavy (non-hydrogen) atoms. The molecule has 0 radical (unpaired) electrons. The molecule has 0 spiro atoms. The first kappa shape index (κ1) is 16.6. The van der Waals surface area contributed by atoms with Crippen LogP contribution in [0.1, 0.15) is 26.5 Å². The van der Waals surface area contributed by atoms with Crippen LogP contribution in [0.2, 0.25) is 0 Å². The number of nitrogen functional groups attached to an aromatic ring is 1. The predicted molar refractivity (Wildman–Crippen MR) is 101 cm³/mol. The number of rotatable bonds is 3. The first-order valence-corrected chi connectivity index (χ1v) is 8.94. The molecule has 1 aromatic carbocycles. The number of fused-ring (bicyclic) bond motifs is 2. The number of benzene rings is 1. The molecule has 2 aromatic heterocycles. The number of hydrogen-bond acceptors (Lipinski definition) is 7. The highest BCUT2D eigenvalue weighted by molar-refractivity contribution is 7.21. The summed E-state index contributed by atoms with van der Waals surface area (Å²) < 4.78 is 0. The van der Waals surface area contributed by atoms with Gasteiger partial charge in [0.2, 0.25) is 5.78 Å². The highest BCUT2D eigenvalue weighted by Crippen LogP contribution is 2.36. The number of ketones is 1. The van der Waals surface area contributed by atoms with E-state index in [0.29, 0.717) is 16.1 Å². The van der Waals surface area contributed by atoms with Gasteiger partial charge in [0.1, 0.15) is 9.71 Å². The molecule has 0 amide bonds. The van der Waals surface area contributed by atoms with Crippen molar-refractivity contribution in [1.82, 2.24) is 9.88 Å². The van der Waals surface area contributed by atoms with E-state index in [-0.39, 0.29) is 11.5 Å². The smallest absolute Gasteiger partial charge is 0.269 e. The van der Waals surface area contributed by atoms with E-state index in [0.717, 1.165) is 41.0 Å². The summed E-state index contributed by atoms with van der Waals surface area (Å²) in [5.41, 5.74) is 9.21. The number of pyridine rings is 1. The molecule has 8 heteroatoms. The summed E-state index contributed by atoms with van der Waals surface area (Å²) in [6.07, 6.45) is 0.880. The number of non-ortho nitro benzene ring substituents is 1. The third-order valence-electron chi connectivity index (χ3n) is 4.61. The van der Waals surface area contributed by atoms with Gasteiger partial charge < -0.3 is 10.6 Å². The number of nitro benzene ring substituents is 1. The lowest BCUT2D eigenvalue weighted by Gasteiger charge is -2.24. The van der Waals surface area contributed by atoms with E-state index in [1.165, 1.54) is 35.6 Å². The maximum absolute atomic E-state index is 12.8. The lowest BCUT2D eigenvalue weighted by molar-refractivity contribution is -0.384. The molecule has 1 aliphatic heterocycles. The summed E-state index contributed by atoms with van der Waals surface area (Å²) in [7, 11) is 2.06. The van der Waals surface area contributed by atoms with Crippen molar-refractivity contribution in [2.75, 3.05) is 19.3 Å². The average Bonchev–Trinajstić information content (AvgIpc) is 2.95. The number of nitrogens with two attached hydrogens (primary N) is 1. The minimum Gasteiger partial charge on any atom is -0.397 e. The first-order chi connectivity index (χ1) is 12.4. The van der Waals surface area contributed by atoms with Gasteiger partial charge in [0.05, 0.1) is 10.6 Å². The highest BCUT2D eigenvalue weighted by Gasteiger charge is 2.22. The molecule has 0 saturated heterocycles. The maximum atomic E-state index is 12.8. The van der Waals surface area contributed by atoms with Crippen molar-refractivity contribution in [1.29, 1.82) is 0 Å². The van der Waals surface area contributed by atoms with Crippen molar-refractivity contribution >= 4 is 38.7 Å². The summed E-state index contributed by atoms with van der Waals surface area (Å²) in [6, 6.07) is 7.59. The molecule has 1 aliphatic rings. The van der Waals surface area contributed by atoms with Gasteiger partial charge in [-0.15, -0.1) is 11.3 Å². The fraction of sp³-hybridized carbons (Fsp3) is 0.222. The van der Waals surface area contributed by atoms with E-state index in [1.54, 1.807) is 0 Å². The van der Waals surface area contributed by atoms with E-state index in [9.17, 15) is 14.9 Å². The zero-order chi connectivity index (χ0) is 18.4. The molecule has 7 nitrogen and oxygen atoms in total. The van der Waals surface area contributed by atoms with Crippen LogP contribution >= 0.6 is 11.3 Å². The standard InChI is InChI=1S/C18H16N4O3S/c1-21-7-6-14-11(9-21)8-13-15(19)17(26-18(13)20-14)16(23)10-2-4-12(5-3-10)22(24)25/h2-5,8H,6-7,9,19H2,1H3. The minimum absolute atomic E-state index is 0.0516. The van der Waals surface area contributed by atoms with Crippen molar-refractivity contribution < 1.29 is 9.72 Å². The quantitative estimate of drug-likeness (QED) is 0.433. The largest absolute Gasteiger partial charge is 0.397 e. The Hall–Kier alpha value is -2.84. The summed E-state index contributed by atoms with van der Waals surface area (Å²) in [4.78, 5) is 31.2. The number of hydrogen-bond donors (Lipinski definition) is 1. The lowest BCUT2D eigenvalue weighted by Crippen LogP contribution is -2.27. The summed E-state index contributed by atoms with van der Waals surface area (Å²) >= 11 is 1.28. The Morgan fingerprint density at radius 2 is 2.08 bits per heavy atom. The summed E-state index contributed by atoms with van der Waals surface area (Å²) in [5, 5.41) is 11.6. The number of nitrogens with zero attached hydrogens (tertiary/aromatic N) is 3. The molecule has 4 rings (SSSR count). The number of thiophene rings is 1. The Kier molecular flexibility index (Phi) is 3.93. The summed E-state index contributed by atoms with van der Waals surface area (Å²) in [6.45, 7) is 1.78. The Morgan fingerprint density at radius 3 is 2.77 bits per heavy atom. The van der Waals surface area contributed by atoms with E-state index in [2.05, 4.69) is 11.9 Å². The molecule has 0 atom stereocenters. The van der Waals surface area contributed by atoms with Gasteiger partial charge in [-0.1, -0.05) is 0 Å². The van der Waals surface area contributed by atoms with Crippen LogP contribution in [0.15, 0.2) is 30.3 Å². The molecule has 0 fully saturated rings. The van der Waals surface area contributed by atoms with Crippen LogP contribution in [0.4, 0.5) is 11.4 Å². The van der Waals surface area contributed by atoms with Crippen molar-refractivity contribution in [3.05, 3.63) is 62.1 Å². The van der Waals surface area contributed by atoms with Gasteiger partial charge >= 0.3 is 0 Å². The number of nitro groups is 1. The number of carbonyl (C=O) groups is 1. The number of likely N-dealkylation sites (N-methyl/N-ethyl adjacent to an activating group) is 1. The SMILES string of the molecule is CN1CCc2nc3sc(C(=O)c4ccc([N+](=O)[O-])cc4)c(N)c3cc2C1. The van der Waals surface area contributed by atoms with Crippen LogP contribution in [-0.4, -0.2) is 34.2 Å². The van der Waals surface area contributed by atoms with Gasteiger partial charge in [-0.25, -0.2) is 4.98 Å². The Bertz CT molecular complexity index is 1040. The van der Waals surface area contributed by atoms with Gasteiger partial charge in [0, 0.05) is 48.3 Å². The Labute approximate surface area is 153 Å². The molecule has 132 valence electrons. The van der Waals surface area contributed by atoms with Crippen molar-refractivity contribution in [3.63, 3.8) is 0 Å². The second-order valence-electron chi connectivity index (χ2n) is 6.41. The van der Waals surface area contributed by atoms with Crippen LogP contribution < -0.4 is 5.73 Å². The maximum Gasteiger partial charge on any atom is 0.269 e. The molecule has 0 unspecified atom stereocenters. The zero-order valence-electron chi connectivity index (χ0n) is 14.1. The van der Waals surface area contributed by atoms with Gasteiger partial charge in [0.15, 0.2) is 0 Å². The van der Waals surface area contributed by atoms with Crippen LogP contribution in [0.3, 0.4) is 0 Å². The van der Waals surface area contributed by atoms with E-state index >= 15 is 0 Å². The van der Waals surface area contributed by atoms with Crippen LogP contribution in [0.5, 0.6) is 0 Å². The topological polar surface area (TPSA) is 102 Å². The molecule has 3 heterocycles. The molecule has 0 saturated carbocycles. The zero-order valence-corrected chi connectivity index (χ0v) is 14.9. The van der Waals surface area contributed by atoms with E-state index in [4.69, 9.17) is 10.7 Å². The van der Waals surface area contributed by atoms with Crippen molar-refractivity contribution in [2.24, 2.45) is 0 Å². The van der Waals surface area contributed by atoms with Gasteiger partial charge in [-0.2, -0.15) is 0 Å². The number of carbonyl (C=O) groups excluding carboxylic acids is 1. The fourth-order valence-corrected chi connectivity index (χ4v) is 4.23. The third kappa shape index (κ3) is 2.73. The second-order valence-corrected chi connectivity index (χ2v) is 7.41. The Morgan fingerprint density at radius 1 is 1.35 bits per heavy atom. The number of anilines is 1. The van der Waals surface area contributed by atoms with Crippen LogP contribution in [0.25, 0.3) is 10.2 Å². The molecular formula is C18H16N4O3S. The molecule has 3 aromatic rings. The minimum atomic E-state index is -0.493. The van der Waals surface area contributed by atoms with E-state index in [1.807, 2.05) is 6.07 Å². The first-order valence-electron chi connectivity index (χ1n) is 8.12. The predicted octanol–water partition coefficient (Wildman–Crippen LogP) is 3.01. The average molecular weight is 368 g/mol. The third-order valence-corrected chi connectivity index (χ3v) is 5.72. The van der Waals surface area contributed by atoms with Crippen molar-refractivity contribution in [2.45, 2.75) is 13.0 Å². The normalized spacial score (nSPS) is 14.3. The summed E-state index contributed by atoms with van der Waals surface area (Å²) in [5.74, 6) is -0.240. The lowest BCUT2D eigenvalue weighted by atomic mass is 10.0. The fourth-order valence-electron chi connectivity index (χ4n) is 3.17. The molecule has 0 aliphatic carbocycles. The van der Waals surface area contributed by atoms with Gasteiger partial charge in [-0.3, -0.25) is 14.9 Å². The van der Waals surface area contributed by atoms with Crippen molar-refractivity contribution in [3.8, 4) is 0 Å². The monoisotopic (exact) mass is 368 g/mol. The van der Waals surface area contributed by atoms with Crippen LogP contribution in [0, 0.1) is 10.1 Å². The van der Waals surface area contributed by atoms with Gasteiger partial charge in [0.25, 0.3) is 5.69 Å². The highest BCUT2D eigenvalue weighted by atomic mass is 32.1. The molecule has 0 bridgehead atoms. The van der Waals surface area contributed by atoms with Crippen LogP contribution in [-0.2, 0) is 13.0 Å². The number of aromatic nitrogens is 1. The molecule has 2 N–H and O–H groups in total. The second kappa shape index (κ2) is 6.15.